The van der Waals surface area contributed by atoms with Gasteiger partial charge in [-0.3, -0.25) is 9.59 Å². The molecule has 1 saturated heterocycles. The number of benzene rings is 1. The molecule has 1 aliphatic heterocycles. The molecule has 1 heterocycles. The number of ether oxygens (including phenoxy) is 2. The van der Waals surface area contributed by atoms with Crippen LogP contribution in [0.1, 0.15) is 31.7 Å². The maximum atomic E-state index is 12.5. The van der Waals surface area contributed by atoms with Crippen molar-refractivity contribution in [3.05, 3.63) is 23.8 Å². The number of rotatable bonds is 9. The second kappa shape index (κ2) is 10.3. The summed E-state index contributed by atoms with van der Waals surface area (Å²) in [5.41, 5.74) is 2.69. The Bertz CT molecular complexity index is 642. The molecule has 27 heavy (non-hydrogen) atoms. The second-order valence-electron chi connectivity index (χ2n) is 6.98. The average molecular weight is 377 g/mol. The van der Waals surface area contributed by atoms with Crippen LogP contribution in [0.2, 0.25) is 0 Å². The molecule has 1 aliphatic rings. The molecule has 0 unspecified atom stereocenters. The molecule has 2 amide bonds. The molecule has 0 radical (unpaired) electrons. The lowest BCUT2D eigenvalue weighted by molar-refractivity contribution is -0.133. The molecule has 1 atom stereocenters. The van der Waals surface area contributed by atoms with Gasteiger partial charge in [0.05, 0.1) is 6.10 Å². The summed E-state index contributed by atoms with van der Waals surface area (Å²) in [6, 6.07) is 5.74. The van der Waals surface area contributed by atoms with Crippen LogP contribution in [-0.2, 0) is 25.6 Å². The summed E-state index contributed by atoms with van der Waals surface area (Å²) in [6.45, 7) is 3.72. The first-order valence-corrected chi connectivity index (χ1v) is 9.43. The maximum Gasteiger partial charge on any atom is 0.250 e. The number of hydrogen-bond acceptors (Lipinski definition) is 5. The molecule has 150 valence electrons. The van der Waals surface area contributed by atoms with Gasteiger partial charge < -0.3 is 24.6 Å². The fourth-order valence-electron chi connectivity index (χ4n) is 3.27. The van der Waals surface area contributed by atoms with Crippen molar-refractivity contribution >= 4 is 23.2 Å². The minimum Gasteiger partial charge on any atom is -0.377 e. The summed E-state index contributed by atoms with van der Waals surface area (Å²) in [7, 11) is 5.42. The standard InChI is InChI=1S/C20H31N3O4/c1-5-20(25)23(13-17-7-6-10-27-17)12-15-11-16(21-19(24)14-26-4)8-9-18(15)22(2)3/h8-9,11,17H,5-7,10,12-14H2,1-4H3,(H,21,24)/t17-/m0/s1. The molecule has 0 aliphatic carbocycles. The highest BCUT2D eigenvalue weighted by molar-refractivity contribution is 5.92. The van der Waals surface area contributed by atoms with Gasteiger partial charge in [-0.2, -0.15) is 0 Å². The van der Waals surface area contributed by atoms with E-state index in [-0.39, 0.29) is 24.5 Å². The van der Waals surface area contributed by atoms with Gasteiger partial charge in [0.2, 0.25) is 11.8 Å². The van der Waals surface area contributed by atoms with Crippen LogP contribution in [0.5, 0.6) is 0 Å². The quantitative estimate of drug-likeness (QED) is 0.715. The second-order valence-corrected chi connectivity index (χ2v) is 6.98. The summed E-state index contributed by atoms with van der Waals surface area (Å²) in [5, 5.41) is 2.83. The van der Waals surface area contributed by atoms with E-state index in [4.69, 9.17) is 9.47 Å². The Morgan fingerprint density at radius 2 is 2.11 bits per heavy atom. The Labute approximate surface area is 161 Å². The first-order chi connectivity index (χ1) is 12.9. The molecule has 7 heteroatoms. The molecule has 0 aromatic heterocycles. The highest BCUT2D eigenvalue weighted by atomic mass is 16.5. The van der Waals surface area contributed by atoms with Gasteiger partial charge in [0.15, 0.2) is 0 Å². The van der Waals surface area contributed by atoms with E-state index in [1.807, 2.05) is 49.0 Å². The van der Waals surface area contributed by atoms with Gasteiger partial charge in [0, 0.05) is 58.7 Å². The SMILES string of the molecule is CCC(=O)N(Cc1cc(NC(=O)COC)ccc1N(C)C)C[C@@H]1CCCO1. The fourth-order valence-corrected chi connectivity index (χ4v) is 3.27. The number of carbonyl (C=O) groups excluding carboxylic acids is 2. The van der Waals surface area contributed by atoms with E-state index in [0.29, 0.717) is 25.2 Å². The number of nitrogens with one attached hydrogen (secondary N) is 1. The van der Waals surface area contributed by atoms with Crippen molar-refractivity contribution in [1.29, 1.82) is 0 Å². The van der Waals surface area contributed by atoms with Crippen LogP contribution in [0.15, 0.2) is 18.2 Å². The van der Waals surface area contributed by atoms with Crippen molar-refractivity contribution in [2.24, 2.45) is 0 Å². The Balaban J connectivity index is 2.22. The topological polar surface area (TPSA) is 71.1 Å². The van der Waals surface area contributed by atoms with E-state index in [1.165, 1.54) is 7.11 Å². The summed E-state index contributed by atoms with van der Waals surface area (Å²) in [5.74, 6) is -0.106. The third-order valence-corrected chi connectivity index (χ3v) is 4.58. The van der Waals surface area contributed by atoms with Gasteiger partial charge in [-0.05, 0) is 36.6 Å². The zero-order valence-electron chi connectivity index (χ0n) is 16.8. The number of carbonyl (C=O) groups is 2. The molecule has 1 N–H and O–H groups in total. The van der Waals surface area contributed by atoms with Gasteiger partial charge in [-0.25, -0.2) is 0 Å². The largest absolute Gasteiger partial charge is 0.377 e. The van der Waals surface area contributed by atoms with E-state index in [2.05, 4.69) is 5.32 Å². The van der Waals surface area contributed by atoms with Crippen molar-refractivity contribution in [1.82, 2.24) is 4.90 Å². The molecule has 0 spiro atoms. The Morgan fingerprint density at radius 1 is 1.33 bits per heavy atom. The Hall–Kier alpha value is -2.12. The molecule has 1 aromatic rings. The van der Waals surface area contributed by atoms with Crippen molar-refractivity contribution in [2.45, 2.75) is 38.8 Å². The van der Waals surface area contributed by atoms with Crippen LogP contribution in [0.25, 0.3) is 0 Å². The minimum atomic E-state index is -0.207. The Morgan fingerprint density at radius 3 is 2.70 bits per heavy atom. The normalized spacial score (nSPS) is 16.2. The number of hydrogen-bond donors (Lipinski definition) is 1. The molecule has 0 bridgehead atoms. The zero-order chi connectivity index (χ0) is 19.8. The number of nitrogens with zero attached hydrogens (tertiary/aromatic N) is 2. The molecule has 7 nitrogen and oxygen atoms in total. The summed E-state index contributed by atoms with van der Waals surface area (Å²) in [4.78, 5) is 28.2. The van der Waals surface area contributed by atoms with Crippen LogP contribution in [-0.4, -0.2) is 63.8 Å². The lowest BCUT2D eigenvalue weighted by atomic mass is 10.1. The number of anilines is 2. The van der Waals surface area contributed by atoms with Crippen molar-refractivity contribution in [3.8, 4) is 0 Å². The highest BCUT2D eigenvalue weighted by Crippen LogP contribution is 2.25. The van der Waals surface area contributed by atoms with Gasteiger partial charge in [0.1, 0.15) is 6.61 Å². The van der Waals surface area contributed by atoms with E-state index in [1.54, 1.807) is 0 Å². The van der Waals surface area contributed by atoms with Gasteiger partial charge in [-0.15, -0.1) is 0 Å². The first kappa shape index (κ1) is 21.2. The monoisotopic (exact) mass is 377 g/mol. The number of methoxy groups -OCH3 is 1. The van der Waals surface area contributed by atoms with E-state index < -0.39 is 0 Å². The van der Waals surface area contributed by atoms with Gasteiger partial charge >= 0.3 is 0 Å². The number of amides is 2. The highest BCUT2D eigenvalue weighted by Gasteiger charge is 2.23. The third-order valence-electron chi connectivity index (χ3n) is 4.58. The molecular weight excluding hydrogens is 346 g/mol. The lowest BCUT2D eigenvalue weighted by Gasteiger charge is -2.28. The van der Waals surface area contributed by atoms with E-state index >= 15 is 0 Å². The zero-order valence-corrected chi connectivity index (χ0v) is 16.8. The Kier molecular flexibility index (Phi) is 8.06. The summed E-state index contributed by atoms with van der Waals surface area (Å²) in [6.07, 6.45) is 2.59. The lowest BCUT2D eigenvalue weighted by Crippen LogP contribution is -2.36. The first-order valence-electron chi connectivity index (χ1n) is 9.43. The fraction of sp³-hybridized carbons (Fsp3) is 0.600. The van der Waals surface area contributed by atoms with Gasteiger partial charge in [-0.1, -0.05) is 6.92 Å². The smallest absolute Gasteiger partial charge is 0.250 e. The molecular formula is C20H31N3O4. The molecule has 2 rings (SSSR count). The third kappa shape index (κ3) is 6.22. The predicted octanol–water partition coefficient (Wildman–Crippen LogP) is 2.26. The molecule has 0 saturated carbocycles. The van der Waals surface area contributed by atoms with Crippen LogP contribution in [0.4, 0.5) is 11.4 Å². The average Bonchev–Trinajstić information content (AvgIpc) is 3.13. The van der Waals surface area contributed by atoms with Crippen LogP contribution < -0.4 is 10.2 Å². The maximum absolute atomic E-state index is 12.5. The molecule has 1 aromatic carbocycles. The predicted molar refractivity (Wildman–Crippen MR) is 106 cm³/mol. The van der Waals surface area contributed by atoms with Crippen LogP contribution >= 0.6 is 0 Å². The summed E-state index contributed by atoms with van der Waals surface area (Å²) < 4.78 is 10.6. The van der Waals surface area contributed by atoms with Crippen LogP contribution in [0.3, 0.4) is 0 Å². The molecule has 1 fully saturated rings. The summed E-state index contributed by atoms with van der Waals surface area (Å²) >= 11 is 0. The van der Waals surface area contributed by atoms with E-state index in [0.717, 1.165) is 30.7 Å². The van der Waals surface area contributed by atoms with Crippen LogP contribution in [0, 0.1) is 0 Å². The van der Waals surface area contributed by atoms with Gasteiger partial charge in [0.25, 0.3) is 0 Å². The van der Waals surface area contributed by atoms with Crippen molar-refractivity contribution in [3.63, 3.8) is 0 Å². The van der Waals surface area contributed by atoms with Crippen molar-refractivity contribution < 1.29 is 19.1 Å². The van der Waals surface area contributed by atoms with E-state index in [9.17, 15) is 9.59 Å². The van der Waals surface area contributed by atoms with Crippen molar-refractivity contribution in [2.75, 3.05) is 51.2 Å². The minimum absolute atomic E-state index is 0.00420.